The Morgan fingerprint density at radius 2 is 2.04 bits per heavy atom. The first kappa shape index (κ1) is 17.5. The van der Waals surface area contributed by atoms with E-state index in [-0.39, 0.29) is 18.7 Å². The molecular formula is C20H19NO3S. The van der Waals surface area contributed by atoms with Crippen LogP contribution in [0.5, 0.6) is 0 Å². The Labute approximate surface area is 151 Å². The minimum atomic E-state index is -0.334. The number of hydrogen-bond acceptors (Lipinski definition) is 5. The first-order chi connectivity index (χ1) is 12.3. The predicted octanol–water partition coefficient (Wildman–Crippen LogP) is 4.19. The van der Waals surface area contributed by atoms with Crippen LogP contribution >= 0.6 is 11.8 Å². The number of hydrogen-bond donors (Lipinski definition) is 0. The molecule has 0 unspecified atom stereocenters. The van der Waals surface area contributed by atoms with Gasteiger partial charge in [-0.15, -0.1) is 11.8 Å². The highest BCUT2D eigenvalue weighted by Crippen LogP contribution is 2.27. The number of carbonyl (C=O) groups is 1. The van der Waals surface area contributed by atoms with E-state index in [2.05, 4.69) is 6.07 Å². The average molecular weight is 353 g/mol. The third kappa shape index (κ3) is 4.85. The Bertz CT molecular complexity index is 761. The van der Waals surface area contributed by atoms with E-state index in [1.54, 1.807) is 42.1 Å². The van der Waals surface area contributed by atoms with Crippen molar-refractivity contribution in [2.75, 3.05) is 12.4 Å². The van der Waals surface area contributed by atoms with Gasteiger partial charge in [-0.25, -0.2) is 4.79 Å². The van der Waals surface area contributed by atoms with E-state index in [0.717, 1.165) is 35.7 Å². The minimum absolute atomic E-state index is 0.190. The highest BCUT2D eigenvalue weighted by Gasteiger charge is 2.18. The Morgan fingerprint density at radius 3 is 2.76 bits per heavy atom. The van der Waals surface area contributed by atoms with Crippen LogP contribution in [-0.2, 0) is 16.1 Å². The van der Waals surface area contributed by atoms with Crippen LogP contribution in [0, 0.1) is 11.3 Å². The molecule has 1 aliphatic heterocycles. The predicted molar refractivity (Wildman–Crippen MR) is 96.4 cm³/mol. The van der Waals surface area contributed by atoms with E-state index >= 15 is 0 Å². The fourth-order valence-corrected chi connectivity index (χ4v) is 3.73. The molecule has 2 aromatic carbocycles. The molecule has 0 spiro atoms. The van der Waals surface area contributed by atoms with Crippen molar-refractivity contribution in [2.24, 2.45) is 0 Å². The summed E-state index contributed by atoms with van der Waals surface area (Å²) in [5, 5.41) is 8.81. The molecule has 1 heterocycles. The molecule has 4 nitrogen and oxygen atoms in total. The fourth-order valence-electron chi connectivity index (χ4n) is 2.62. The molecule has 5 heteroatoms. The van der Waals surface area contributed by atoms with Crippen molar-refractivity contribution in [3.63, 3.8) is 0 Å². The normalized spacial score (nSPS) is 16.4. The van der Waals surface area contributed by atoms with Gasteiger partial charge in [-0.2, -0.15) is 5.26 Å². The highest BCUT2D eigenvalue weighted by atomic mass is 32.2. The van der Waals surface area contributed by atoms with Crippen LogP contribution in [0.15, 0.2) is 53.4 Å². The number of thioether (sulfide) groups is 1. The van der Waals surface area contributed by atoms with Gasteiger partial charge in [0, 0.05) is 17.3 Å². The molecule has 1 aliphatic rings. The van der Waals surface area contributed by atoms with Crippen molar-refractivity contribution in [3.8, 4) is 6.07 Å². The van der Waals surface area contributed by atoms with Crippen LogP contribution in [0.4, 0.5) is 0 Å². The molecule has 128 valence electrons. The van der Waals surface area contributed by atoms with Gasteiger partial charge >= 0.3 is 5.97 Å². The van der Waals surface area contributed by atoms with Crippen LogP contribution in [0.2, 0.25) is 0 Å². The highest BCUT2D eigenvalue weighted by molar-refractivity contribution is 7.99. The quantitative estimate of drug-likeness (QED) is 0.576. The molecule has 2 aromatic rings. The molecule has 0 saturated carbocycles. The summed E-state index contributed by atoms with van der Waals surface area (Å²) in [5.41, 5.74) is 2.03. The summed E-state index contributed by atoms with van der Waals surface area (Å²) in [7, 11) is 0. The van der Waals surface area contributed by atoms with Gasteiger partial charge in [-0.3, -0.25) is 0 Å². The maximum absolute atomic E-state index is 12.4. The molecule has 0 amide bonds. The Hall–Kier alpha value is -2.29. The molecular weight excluding hydrogens is 334 g/mol. The Kier molecular flexibility index (Phi) is 6.10. The molecule has 0 radical (unpaired) electrons. The maximum Gasteiger partial charge on any atom is 0.339 e. The number of esters is 1. The van der Waals surface area contributed by atoms with Crippen LogP contribution in [0.1, 0.15) is 34.3 Å². The van der Waals surface area contributed by atoms with E-state index in [1.807, 2.05) is 18.2 Å². The summed E-state index contributed by atoms with van der Waals surface area (Å²) in [6, 6.07) is 16.6. The zero-order valence-electron chi connectivity index (χ0n) is 13.8. The van der Waals surface area contributed by atoms with E-state index in [0.29, 0.717) is 11.1 Å². The van der Waals surface area contributed by atoms with Crippen LogP contribution in [0.3, 0.4) is 0 Å². The molecule has 0 bridgehead atoms. The van der Waals surface area contributed by atoms with Crippen LogP contribution in [0.25, 0.3) is 0 Å². The summed E-state index contributed by atoms with van der Waals surface area (Å²) < 4.78 is 11.1. The Morgan fingerprint density at radius 1 is 1.24 bits per heavy atom. The second kappa shape index (κ2) is 8.70. The number of benzene rings is 2. The average Bonchev–Trinajstić information content (AvgIpc) is 3.18. The van der Waals surface area contributed by atoms with Gasteiger partial charge in [-0.1, -0.05) is 24.3 Å². The summed E-state index contributed by atoms with van der Waals surface area (Å²) in [6.07, 6.45) is 2.46. The van der Waals surface area contributed by atoms with Gasteiger partial charge < -0.3 is 9.47 Å². The zero-order chi connectivity index (χ0) is 17.5. The van der Waals surface area contributed by atoms with Gasteiger partial charge in [-0.05, 0) is 42.7 Å². The number of carbonyl (C=O) groups excluding carboxylic acids is 1. The molecule has 0 N–H and O–H groups in total. The van der Waals surface area contributed by atoms with Crippen molar-refractivity contribution >= 4 is 17.7 Å². The SMILES string of the molecule is N#Cc1ccc(COC(=O)c2ccccc2SC[C@@H]2CCCO2)cc1. The Balaban J connectivity index is 1.59. The number of nitrogens with zero attached hydrogens (tertiary/aromatic N) is 1. The third-order valence-corrected chi connectivity index (χ3v) is 5.21. The number of rotatable bonds is 6. The second-order valence-electron chi connectivity index (χ2n) is 5.83. The largest absolute Gasteiger partial charge is 0.457 e. The van der Waals surface area contributed by atoms with E-state index in [1.165, 1.54) is 0 Å². The van der Waals surface area contributed by atoms with Gasteiger partial charge in [0.1, 0.15) is 6.61 Å². The lowest BCUT2D eigenvalue weighted by molar-refractivity contribution is 0.0468. The lowest BCUT2D eigenvalue weighted by atomic mass is 10.1. The van der Waals surface area contributed by atoms with Gasteiger partial charge in [0.2, 0.25) is 0 Å². The number of ether oxygens (including phenoxy) is 2. The monoisotopic (exact) mass is 353 g/mol. The third-order valence-electron chi connectivity index (χ3n) is 4.01. The van der Waals surface area contributed by atoms with Crippen molar-refractivity contribution < 1.29 is 14.3 Å². The van der Waals surface area contributed by atoms with Crippen molar-refractivity contribution in [3.05, 3.63) is 65.2 Å². The second-order valence-corrected chi connectivity index (χ2v) is 6.89. The standard InChI is InChI=1S/C20H19NO3S/c21-12-15-7-9-16(10-8-15)13-24-20(22)18-5-1-2-6-19(18)25-14-17-4-3-11-23-17/h1-2,5-10,17H,3-4,11,13-14H2/t17-/m0/s1. The van der Waals surface area contributed by atoms with Gasteiger partial charge in [0.05, 0.1) is 23.3 Å². The smallest absolute Gasteiger partial charge is 0.339 e. The summed E-state index contributed by atoms with van der Waals surface area (Å²) in [4.78, 5) is 13.4. The van der Waals surface area contributed by atoms with E-state index in [4.69, 9.17) is 14.7 Å². The summed E-state index contributed by atoms with van der Waals surface area (Å²) in [5.74, 6) is 0.514. The first-order valence-corrected chi connectivity index (χ1v) is 9.24. The molecule has 25 heavy (non-hydrogen) atoms. The first-order valence-electron chi connectivity index (χ1n) is 8.26. The van der Waals surface area contributed by atoms with E-state index in [9.17, 15) is 4.79 Å². The van der Waals surface area contributed by atoms with Crippen molar-refractivity contribution in [2.45, 2.75) is 30.4 Å². The van der Waals surface area contributed by atoms with Gasteiger partial charge in [0.25, 0.3) is 0 Å². The number of nitriles is 1. The van der Waals surface area contributed by atoms with Gasteiger partial charge in [0.15, 0.2) is 0 Å². The lowest BCUT2D eigenvalue weighted by Gasteiger charge is -2.12. The van der Waals surface area contributed by atoms with Crippen molar-refractivity contribution in [1.29, 1.82) is 5.26 Å². The molecule has 1 fully saturated rings. The van der Waals surface area contributed by atoms with Crippen LogP contribution in [-0.4, -0.2) is 24.4 Å². The fraction of sp³-hybridized carbons (Fsp3) is 0.300. The molecule has 0 aromatic heterocycles. The molecule has 0 aliphatic carbocycles. The zero-order valence-corrected chi connectivity index (χ0v) is 14.6. The minimum Gasteiger partial charge on any atom is -0.457 e. The molecule has 1 atom stereocenters. The maximum atomic E-state index is 12.4. The summed E-state index contributed by atoms with van der Waals surface area (Å²) in [6.45, 7) is 1.02. The lowest BCUT2D eigenvalue weighted by Crippen LogP contribution is -2.10. The summed E-state index contributed by atoms with van der Waals surface area (Å²) >= 11 is 1.64. The van der Waals surface area contributed by atoms with Crippen molar-refractivity contribution in [1.82, 2.24) is 0 Å². The molecule has 1 saturated heterocycles. The van der Waals surface area contributed by atoms with E-state index < -0.39 is 0 Å². The topological polar surface area (TPSA) is 59.3 Å². The van der Waals surface area contributed by atoms with Crippen LogP contribution < -0.4 is 0 Å². The molecule has 3 rings (SSSR count).